The fraction of sp³-hybridized carbons (Fsp3) is 0.543. The summed E-state index contributed by atoms with van der Waals surface area (Å²) in [7, 11) is 0. The highest BCUT2D eigenvalue weighted by atomic mass is 35.5. The number of aromatic nitrogens is 3. The Hall–Kier alpha value is -3.65. The molecule has 2 amide bonds. The molecule has 2 fully saturated rings. The molecule has 50 heavy (non-hydrogen) atoms. The van der Waals surface area contributed by atoms with Crippen LogP contribution in [-0.4, -0.2) is 68.7 Å². The number of hydrogen-bond donors (Lipinski definition) is 1. The van der Waals surface area contributed by atoms with Crippen LogP contribution in [0.3, 0.4) is 0 Å². The van der Waals surface area contributed by atoms with Crippen LogP contribution < -0.4 is 14.2 Å². The maximum Gasteiger partial charge on any atom is 0.410 e. The summed E-state index contributed by atoms with van der Waals surface area (Å²) in [6, 6.07) is 11.9. The van der Waals surface area contributed by atoms with Crippen molar-refractivity contribution in [3.8, 4) is 17.4 Å². The second-order valence-electron chi connectivity index (χ2n) is 14.5. The average Bonchev–Trinajstić information content (AvgIpc) is 3.57. The van der Waals surface area contributed by atoms with Crippen molar-refractivity contribution in [1.82, 2.24) is 24.4 Å². The Labute approximate surface area is 299 Å². The first-order valence-corrected chi connectivity index (χ1v) is 17.8. The van der Waals surface area contributed by atoms with Gasteiger partial charge in [-0.05, 0) is 127 Å². The monoisotopic (exact) mass is 737 g/mol. The summed E-state index contributed by atoms with van der Waals surface area (Å²) in [5.74, 6) is 1.13. The molecule has 1 unspecified atom stereocenters. The number of rotatable bonds is 13. The number of carbonyl (C=O) groups excluding carboxylic acids is 2. The molecular weight excluding hydrogens is 695 g/mol. The van der Waals surface area contributed by atoms with Crippen LogP contribution in [0.1, 0.15) is 83.5 Å². The van der Waals surface area contributed by atoms with Gasteiger partial charge in [0, 0.05) is 29.2 Å². The van der Waals surface area contributed by atoms with Gasteiger partial charge in [0.25, 0.3) is 5.91 Å². The molecule has 3 aromatic rings. The number of nitrogens with one attached hydrogen (secondary N) is 1. The van der Waals surface area contributed by atoms with Gasteiger partial charge in [0.15, 0.2) is 5.82 Å². The smallest absolute Gasteiger partial charge is 0.410 e. The van der Waals surface area contributed by atoms with Crippen molar-refractivity contribution in [2.24, 2.45) is 11.3 Å². The average molecular weight is 738 g/mol. The fourth-order valence-electron chi connectivity index (χ4n) is 5.96. The first-order valence-electron chi connectivity index (χ1n) is 16.6. The van der Waals surface area contributed by atoms with Gasteiger partial charge in [0.1, 0.15) is 16.5 Å². The van der Waals surface area contributed by atoms with Crippen LogP contribution >= 0.6 is 23.5 Å². The molecule has 1 N–H and O–H groups in total. The molecule has 1 aliphatic heterocycles. The zero-order valence-corrected chi connectivity index (χ0v) is 30.4. The maximum absolute atomic E-state index is 13.1. The Bertz CT molecular complexity index is 1660. The first-order chi connectivity index (χ1) is 23.4. The van der Waals surface area contributed by atoms with E-state index in [0.29, 0.717) is 30.6 Å². The van der Waals surface area contributed by atoms with Crippen molar-refractivity contribution in [2.45, 2.75) is 95.4 Å². The molecule has 0 spiro atoms. The SMILES string of the molecule is CC(C)(C)OC(=O)N1CC(CCCOc2ccc(SNC(=O)c3ccc(-n4ccc(OCCC5(C(F)(F)F)CC5)n4)nc3Cl)cc2)CC1(C)C. The van der Waals surface area contributed by atoms with E-state index in [9.17, 15) is 22.8 Å². The lowest BCUT2D eigenvalue weighted by molar-refractivity contribution is -0.190. The van der Waals surface area contributed by atoms with Crippen molar-refractivity contribution in [1.29, 1.82) is 0 Å². The number of pyridine rings is 1. The number of hydrogen-bond acceptors (Lipinski definition) is 8. The maximum atomic E-state index is 13.1. The number of likely N-dealkylation sites (tertiary alicyclic amines) is 1. The van der Waals surface area contributed by atoms with Crippen LogP contribution in [0.15, 0.2) is 53.6 Å². The van der Waals surface area contributed by atoms with Crippen LogP contribution in [0, 0.1) is 11.3 Å². The number of benzene rings is 1. The van der Waals surface area contributed by atoms with Gasteiger partial charge in [0.2, 0.25) is 5.88 Å². The summed E-state index contributed by atoms with van der Waals surface area (Å²) in [4.78, 5) is 32.4. The van der Waals surface area contributed by atoms with Gasteiger partial charge >= 0.3 is 12.3 Å². The summed E-state index contributed by atoms with van der Waals surface area (Å²) in [6.07, 6.45) is -0.120. The summed E-state index contributed by atoms with van der Waals surface area (Å²) < 4.78 is 60.5. The lowest BCUT2D eigenvalue weighted by Gasteiger charge is -2.33. The number of amides is 2. The fourth-order valence-corrected chi connectivity index (χ4v) is 6.78. The molecule has 15 heteroatoms. The topological polar surface area (TPSA) is 108 Å². The minimum absolute atomic E-state index is 0.0399. The van der Waals surface area contributed by atoms with Crippen LogP contribution in [-0.2, 0) is 4.74 Å². The van der Waals surface area contributed by atoms with Crippen molar-refractivity contribution in [2.75, 3.05) is 19.8 Å². The summed E-state index contributed by atoms with van der Waals surface area (Å²) in [5, 5.41) is 4.17. The standard InChI is InChI=1S/C35H43ClF3N5O5S/c1-32(2,3)49-31(46)43-22-23(21-33(43,4)5)7-6-19-47-24-8-10-25(11-9-24)50-42-30(45)26-12-13-27(40-29(26)36)44-18-14-28(41-44)48-20-17-34(15-16-34)35(37,38)39/h8-14,18,23H,6-7,15-17,19-22H2,1-5H3,(H,42,45). The third-order valence-electron chi connectivity index (χ3n) is 8.85. The number of ether oxygens (including phenoxy) is 3. The van der Waals surface area contributed by atoms with Gasteiger partial charge in [-0.15, -0.1) is 5.10 Å². The van der Waals surface area contributed by atoms with Crippen LogP contribution in [0.4, 0.5) is 18.0 Å². The van der Waals surface area contributed by atoms with Crippen LogP contribution in [0.25, 0.3) is 5.82 Å². The van der Waals surface area contributed by atoms with Gasteiger partial charge in [0.05, 0.1) is 24.2 Å². The highest BCUT2D eigenvalue weighted by molar-refractivity contribution is 7.98. The van der Waals surface area contributed by atoms with Gasteiger partial charge in [-0.2, -0.15) is 13.2 Å². The van der Waals surface area contributed by atoms with Crippen molar-refractivity contribution in [3.63, 3.8) is 0 Å². The molecule has 1 saturated carbocycles. The molecule has 1 aliphatic carbocycles. The Morgan fingerprint density at radius 1 is 1.04 bits per heavy atom. The zero-order chi connectivity index (χ0) is 36.3. The van der Waals surface area contributed by atoms with E-state index in [0.717, 1.165) is 36.1 Å². The Morgan fingerprint density at radius 3 is 2.40 bits per heavy atom. The van der Waals surface area contributed by atoms with E-state index in [-0.39, 0.29) is 54.1 Å². The Balaban J connectivity index is 1.03. The summed E-state index contributed by atoms with van der Waals surface area (Å²) in [5.41, 5.74) is -2.26. The minimum Gasteiger partial charge on any atom is -0.494 e. The first kappa shape index (κ1) is 37.6. The summed E-state index contributed by atoms with van der Waals surface area (Å²) >= 11 is 7.45. The van der Waals surface area contributed by atoms with E-state index in [1.165, 1.54) is 16.8 Å². The second-order valence-corrected chi connectivity index (χ2v) is 15.7. The third-order valence-corrected chi connectivity index (χ3v) is 9.93. The van der Waals surface area contributed by atoms with E-state index in [1.807, 2.05) is 49.9 Å². The van der Waals surface area contributed by atoms with Crippen molar-refractivity contribution in [3.05, 3.63) is 59.4 Å². The highest BCUT2D eigenvalue weighted by Crippen LogP contribution is 2.59. The van der Waals surface area contributed by atoms with Gasteiger partial charge in [-0.3, -0.25) is 9.52 Å². The molecular formula is C35H43ClF3N5O5S. The molecule has 1 aromatic carbocycles. The molecule has 0 bridgehead atoms. The lowest BCUT2D eigenvalue weighted by Crippen LogP contribution is -2.45. The number of carbonyl (C=O) groups is 2. The molecule has 272 valence electrons. The van der Waals surface area contributed by atoms with Gasteiger partial charge in [-0.1, -0.05) is 11.6 Å². The lowest BCUT2D eigenvalue weighted by atomic mass is 9.93. The van der Waals surface area contributed by atoms with Crippen LogP contribution in [0.2, 0.25) is 5.15 Å². The van der Waals surface area contributed by atoms with E-state index in [4.69, 9.17) is 25.8 Å². The molecule has 1 saturated heterocycles. The Kier molecular flexibility index (Phi) is 11.2. The van der Waals surface area contributed by atoms with E-state index >= 15 is 0 Å². The Morgan fingerprint density at radius 2 is 1.76 bits per heavy atom. The minimum atomic E-state index is -4.23. The number of nitrogens with zero attached hydrogens (tertiary/aromatic N) is 4. The quantitative estimate of drug-likeness (QED) is 0.106. The predicted molar refractivity (Wildman–Crippen MR) is 184 cm³/mol. The molecule has 1 atom stereocenters. The third kappa shape index (κ3) is 9.56. The number of alkyl halides is 3. The molecule has 2 aromatic heterocycles. The van der Waals surface area contributed by atoms with E-state index in [1.54, 1.807) is 12.3 Å². The molecule has 3 heterocycles. The summed E-state index contributed by atoms with van der Waals surface area (Å²) in [6.45, 7) is 10.9. The largest absolute Gasteiger partial charge is 0.494 e. The molecule has 5 rings (SSSR count). The predicted octanol–water partition coefficient (Wildman–Crippen LogP) is 8.66. The number of halogens is 4. The molecule has 10 nitrogen and oxygen atoms in total. The van der Waals surface area contributed by atoms with Crippen molar-refractivity contribution >= 4 is 35.5 Å². The normalized spacial score (nSPS) is 18.1. The van der Waals surface area contributed by atoms with Gasteiger partial charge in [-0.25, -0.2) is 14.5 Å². The van der Waals surface area contributed by atoms with E-state index < -0.39 is 23.1 Å². The zero-order valence-electron chi connectivity index (χ0n) is 28.8. The van der Waals surface area contributed by atoms with Crippen molar-refractivity contribution < 1.29 is 37.0 Å². The van der Waals surface area contributed by atoms with Crippen LogP contribution in [0.5, 0.6) is 11.6 Å². The molecule has 0 radical (unpaired) electrons. The molecule has 2 aliphatic rings. The van der Waals surface area contributed by atoms with Gasteiger partial charge < -0.3 is 19.1 Å². The second kappa shape index (κ2) is 14.9. The van der Waals surface area contributed by atoms with E-state index in [2.05, 4.69) is 28.7 Å². The highest BCUT2D eigenvalue weighted by Gasteiger charge is 2.62.